The lowest BCUT2D eigenvalue weighted by Crippen LogP contribution is -2.54. The zero-order valence-corrected chi connectivity index (χ0v) is 17.6. The fourth-order valence-electron chi connectivity index (χ4n) is 3.68. The van der Waals surface area contributed by atoms with Crippen LogP contribution >= 0.6 is 12.4 Å². The summed E-state index contributed by atoms with van der Waals surface area (Å²) in [4.78, 5) is 16.4. The van der Waals surface area contributed by atoms with E-state index in [1.807, 2.05) is 7.05 Å². The van der Waals surface area contributed by atoms with E-state index in [0.29, 0.717) is 25.7 Å². The number of piperidine rings is 1. The van der Waals surface area contributed by atoms with Crippen molar-refractivity contribution in [2.45, 2.75) is 23.8 Å². The quantitative estimate of drug-likeness (QED) is 0.740. The van der Waals surface area contributed by atoms with Crippen LogP contribution in [0.3, 0.4) is 0 Å². The van der Waals surface area contributed by atoms with Crippen molar-refractivity contribution in [1.82, 2.24) is 19.4 Å². The van der Waals surface area contributed by atoms with Gasteiger partial charge in [0.25, 0.3) is 0 Å². The van der Waals surface area contributed by atoms with E-state index in [4.69, 9.17) is 0 Å². The molecule has 1 unspecified atom stereocenters. The maximum Gasteiger partial charge on any atom is 0.243 e. The van der Waals surface area contributed by atoms with Gasteiger partial charge >= 0.3 is 0 Å². The molecule has 0 spiro atoms. The average molecular weight is 435 g/mol. The Morgan fingerprint density at radius 3 is 2.57 bits per heavy atom. The molecule has 3 rings (SSSR count). The lowest BCUT2D eigenvalue weighted by atomic mass is 10.1. The van der Waals surface area contributed by atoms with E-state index in [2.05, 4.69) is 10.2 Å². The number of halogens is 2. The second-order valence-electron chi connectivity index (χ2n) is 7.11. The van der Waals surface area contributed by atoms with Gasteiger partial charge in [-0.2, -0.15) is 4.31 Å². The van der Waals surface area contributed by atoms with Gasteiger partial charge in [0, 0.05) is 38.8 Å². The van der Waals surface area contributed by atoms with Gasteiger partial charge in [-0.15, -0.1) is 12.4 Å². The maximum atomic E-state index is 13.4. The highest BCUT2D eigenvalue weighted by Crippen LogP contribution is 2.19. The van der Waals surface area contributed by atoms with Crippen LogP contribution in [0, 0.1) is 5.82 Å². The van der Waals surface area contributed by atoms with E-state index in [9.17, 15) is 17.6 Å². The number of likely N-dealkylation sites (N-methyl/N-ethyl adjacent to an activating group) is 1. The predicted molar refractivity (Wildman–Crippen MR) is 108 cm³/mol. The van der Waals surface area contributed by atoms with Crippen LogP contribution in [0.1, 0.15) is 12.8 Å². The third-order valence-corrected chi connectivity index (χ3v) is 7.19. The van der Waals surface area contributed by atoms with Crippen LogP contribution < -0.4 is 5.32 Å². The van der Waals surface area contributed by atoms with E-state index in [0.717, 1.165) is 32.0 Å². The molecule has 1 amide bonds. The van der Waals surface area contributed by atoms with E-state index >= 15 is 0 Å². The van der Waals surface area contributed by atoms with Gasteiger partial charge in [0.1, 0.15) is 5.82 Å². The molecular formula is C18H28ClFN4O3S. The lowest BCUT2D eigenvalue weighted by molar-refractivity contribution is -0.133. The Bertz CT molecular complexity index is 772. The van der Waals surface area contributed by atoms with Crippen molar-refractivity contribution in [3.05, 3.63) is 30.1 Å². The summed E-state index contributed by atoms with van der Waals surface area (Å²) >= 11 is 0. The van der Waals surface area contributed by atoms with Crippen molar-refractivity contribution in [3.63, 3.8) is 0 Å². The smallest absolute Gasteiger partial charge is 0.243 e. The Balaban J connectivity index is 0.00000280. The van der Waals surface area contributed by atoms with Crippen molar-refractivity contribution < 1.29 is 17.6 Å². The topological polar surface area (TPSA) is 73.0 Å². The number of hydrogen-bond donors (Lipinski definition) is 1. The molecule has 1 N–H and O–H groups in total. The third-order valence-electron chi connectivity index (χ3n) is 5.30. The largest absolute Gasteiger partial charge is 0.339 e. The van der Waals surface area contributed by atoms with Gasteiger partial charge in [-0.25, -0.2) is 12.8 Å². The number of hydrogen-bond acceptors (Lipinski definition) is 5. The van der Waals surface area contributed by atoms with Gasteiger partial charge < -0.3 is 10.2 Å². The highest BCUT2D eigenvalue weighted by atomic mass is 35.5. The lowest BCUT2D eigenvalue weighted by Gasteiger charge is -2.37. The molecule has 158 valence electrons. The van der Waals surface area contributed by atoms with E-state index < -0.39 is 15.8 Å². The Kier molecular flexibility index (Phi) is 8.20. The van der Waals surface area contributed by atoms with Gasteiger partial charge in [-0.1, -0.05) is 6.07 Å². The molecule has 0 radical (unpaired) electrons. The Morgan fingerprint density at radius 2 is 1.93 bits per heavy atom. The van der Waals surface area contributed by atoms with Crippen molar-refractivity contribution in [2.75, 3.05) is 52.9 Å². The van der Waals surface area contributed by atoms with Crippen LogP contribution in [0.15, 0.2) is 29.2 Å². The van der Waals surface area contributed by atoms with Crippen LogP contribution in [0.2, 0.25) is 0 Å². The van der Waals surface area contributed by atoms with Crippen LogP contribution in [-0.4, -0.2) is 87.3 Å². The van der Waals surface area contributed by atoms with Crippen molar-refractivity contribution >= 4 is 28.3 Å². The summed E-state index contributed by atoms with van der Waals surface area (Å²) in [5.74, 6) is -0.541. The van der Waals surface area contributed by atoms with E-state index in [1.54, 1.807) is 4.90 Å². The number of sulfonamides is 1. The van der Waals surface area contributed by atoms with Crippen LogP contribution in [0.4, 0.5) is 4.39 Å². The Labute approximate surface area is 172 Å². The Hall–Kier alpha value is -1.26. The highest BCUT2D eigenvalue weighted by Gasteiger charge is 2.31. The first-order valence-corrected chi connectivity index (χ1v) is 10.8. The number of amides is 1. The normalized spacial score (nSPS) is 21.9. The minimum absolute atomic E-state index is 0. The van der Waals surface area contributed by atoms with Crippen LogP contribution in [0.5, 0.6) is 0 Å². The molecule has 1 aromatic carbocycles. The predicted octanol–water partition coefficient (Wildman–Crippen LogP) is 0.764. The number of likely N-dealkylation sites (tertiary alicyclic amines) is 1. The molecule has 2 fully saturated rings. The molecule has 2 heterocycles. The molecule has 2 saturated heterocycles. The summed E-state index contributed by atoms with van der Waals surface area (Å²) in [6, 6.07) is 5.44. The molecule has 2 aliphatic rings. The Morgan fingerprint density at radius 1 is 1.21 bits per heavy atom. The molecule has 28 heavy (non-hydrogen) atoms. The van der Waals surface area contributed by atoms with Gasteiger partial charge in [-0.05, 0) is 44.6 Å². The molecule has 0 bridgehead atoms. The number of nitrogens with zero attached hydrogens (tertiary/aromatic N) is 3. The zero-order valence-electron chi connectivity index (χ0n) is 16.0. The fourth-order valence-corrected chi connectivity index (χ4v) is 5.13. The number of piperazine rings is 1. The summed E-state index contributed by atoms with van der Waals surface area (Å²) in [6.45, 7) is 3.31. The third kappa shape index (κ3) is 5.42. The minimum atomic E-state index is -3.73. The van der Waals surface area contributed by atoms with Gasteiger partial charge in [0.05, 0.1) is 11.4 Å². The first-order valence-electron chi connectivity index (χ1n) is 9.33. The first kappa shape index (κ1) is 23.0. The molecule has 0 saturated carbocycles. The number of rotatable bonds is 5. The summed E-state index contributed by atoms with van der Waals surface area (Å²) in [7, 11) is -1.80. The molecule has 7 nitrogen and oxygen atoms in total. The summed E-state index contributed by atoms with van der Waals surface area (Å²) < 4.78 is 40.0. The van der Waals surface area contributed by atoms with Crippen LogP contribution in [0.25, 0.3) is 0 Å². The van der Waals surface area contributed by atoms with Crippen LogP contribution in [-0.2, 0) is 14.8 Å². The molecule has 2 aliphatic heterocycles. The zero-order chi connectivity index (χ0) is 19.4. The van der Waals surface area contributed by atoms with Gasteiger partial charge in [0.15, 0.2) is 0 Å². The minimum Gasteiger partial charge on any atom is -0.339 e. The monoisotopic (exact) mass is 434 g/mol. The number of benzene rings is 1. The second kappa shape index (κ2) is 9.98. The molecule has 1 atom stereocenters. The fraction of sp³-hybridized carbons (Fsp3) is 0.611. The molecule has 10 heteroatoms. The van der Waals surface area contributed by atoms with Gasteiger partial charge in [-0.3, -0.25) is 9.69 Å². The molecule has 0 aromatic heterocycles. The van der Waals surface area contributed by atoms with Crippen molar-refractivity contribution in [2.24, 2.45) is 0 Å². The van der Waals surface area contributed by atoms with Crippen molar-refractivity contribution in [1.29, 1.82) is 0 Å². The number of nitrogens with one attached hydrogen (secondary N) is 1. The molecule has 1 aromatic rings. The second-order valence-corrected chi connectivity index (χ2v) is 9.04. The standard InChI is InChI=1S/C18H27FN4O3S.ClH/c1-20-16-5-3-7-21(13-16)14-18(24)22-8-10-23(11-9-22)27(25,26)17-6-2-4-15(19)12-17;/h2,4,6,12,16,20H,3,5,7-11,13-14H2,1H3;1H. The number of carbonyl (C=O) groups is 1. The van der Waals surface area contributed by atoms with E-state index in [1.165, 1.54) is 22.5 Å². The average Bonchev–Trinajstić information content (AvgIpc) is 2.68. The van der Waals surface area contributed by atoms with Crippen molar-refractivity contribution in [3.8, 4) is 0 Å². The first-order chi connectivity index (χ1) is 12.9. The SMILES string of the molecule is CNC1CCCN(CC(=O)N2CCN(S(=O)(=O)c3cccc(F)c3)CC2)C1.Cl. The van der Waals surface area contributed by atoms with E-state index in [-0.39, 0.29) is 36.3 Å². The highest BCUT2D eigenvalue weighted by molar-refractivity contribution is 7.89. The molecule has 0 aliphatic carbocycles. The number of carbonyl (C=O) groups excluding carboxylic acids is 1. The summed E-state index contributed by atoms with van der Waals surface area (Å²) in [5.41, 5.74) is 0. The maximum absolute atomic E-state index is 13.4. The molecular weight excluding hydrogens is 407 g/mol. The van der Waals surface area contributed by atoms with Gasteiger partial charge in [0.2, 0.25) is 15.9 Å². The summed E-state index contributed by atoms with van der Waals surface area (Å²) in [5, 5.41) is 3.26. The summed E-state index contributed by atoms with van der Waals surface area (Å²) in [6.07, 6.45) is 2.19.